The highest BCUT2D eigenvalue weighted by Crippen LogP contribution is 2.57. The van der Waals surface area contributed by atoms with Gasteiger partial charge in [-0.25, -0.2) is 0 Å². The van der Waals surface area contributed by atoms with Crippen LogP contribution in [0.3, 0.4) is 0 Å². The first-order valence-corrected chi connectivity index (χ1v) is 14.4. The van der Waals surface area contributed by atoms with E-state index in [4.69, 9.17) is 21.1 Å². The van der Waals surface area contributed by atoms with Crippen molar-refractivity contribution in [2.75, 3.05) is 24.7 Å². The molecule has 6 rings (SSSR count). The number of fused-ring (bicyclic) bond motifs is 2. The minimum Gasteiger partial charge on any atom is -0.465 e. The van der Waals surface area contributed by atoms with E-state index < -0.39 is 52.9 Å². The third-order valence-corrected chi connectivity index (χ3v) is 9.07. The van der Waals surface area contributed by atoms with Crippen LogP contribution in [0.15, 0.2) is 78.9 Å². The molecule has 0 aliphatic carbocycles. The summed E-state index contributed by atoms with van der Waals surface area (Å²) in [6.45, 7) is 1.84. The van der Waals surface area contributed by atoms with Crippen LogP contribution < -0.4 is 4.90 Å². The minimum absolute atomic E-state index is 0.197. The van der Waals surface area contributed by atoms with Gasteiger partial charge in [0.05, 0.1) is 41.5 Å². The number of anilines is 1. The highest BCUT2D eigenvalue weighted by Gasteiger charge is 2.75. The highest BCUT2D eigenvalue weighted by atomic mass is 35.5. The summed E-state index contributed by atoms with van der Waals surface area (Å²) in [6, 6.07) is 14.7. The van der Waals surface area contributed by atoms with Crippen LogP contribution in [-0.4, -0.2) is 70.8 Å². The molecule has 2 amide bonds. The topological polar surface area (TPSA) is 96.4 Å². The molecule has 9 heteroatoms. The maximum absolute atomic E-state index is 14.7. The number of allylic oxidation sites excluding steroid dienone is 1. The van der Waals surface area contributed by atoms with Gasteiger partial charge in [0.1, 0.15) is 17.6 Å². The van der Waals surface area contributed by atoms with Gasteiger partial charge in [-0.3, -0.25) is 14.4 Å². The Hall–Kier alpha value is -3.46. The van der Waals surface area contributed by atoms with Crippen LogP contribution >= 0.6 is 11.6 Å². The molecule has 0 aromatic heterocycles. The van der Waals surface area contributed by atoms with Crippen molar-refractivity contribution < 1.29 is 29.0 Å². The molecule has 4 heterocycles. The number of para-hydroxylation sites is 1. The lowest BCUT2D eigenvalue weighted by atomic mass is 9.74. The van der Waals surface area contributed by atoms with Crippen molar-refractivity contribution in [2.45, 2.75) is 49.5 Å². The number of aliphatic hydroxyl groups excluding tert-OH is 1. The van der Waals surface area contributed by atoms with Crippen LogP contribution in [0.25, 0.3) is 0 Å². The number of ether oxygens (including phenoxy) is 2. The summed E-state index contributed by atoms with van der Waals surface area (Å²) < 4.78 is 12.5. The molecule has 1 unspecified atom stereocenters. The fraction of sp³-hybridized carbons (Fsp3) is 0.406. The molecule has 2 aromatic carbocycles. The summed E-state index contributed by atoms with van der Waals surface area (Å²) in [7, 11) is 0. The molecule has 0 bridgehead atoms. The molecule has 4 aliphatic rings. The molecule has 1 N–H and O–H groups in total. The van der Waals surface area contributed by atoms with E-state index in [0.717, 1.165) is 5.56 Å². The largest absolute Gasteiger partial charge is 0.465 e. The van der Waals surface area contributed by atoms with Gasteiger partial charge >= 0.3 is 5.97 Å². The number of carbonyl (C=O) groups excluding carboxylic acids is 3. The number of amides is 2. The highest BCUT2D eigenvalue weighted by molar-refractivity contribution is 6.34. The van der Waals surface area contributed by atoms with Gasteiger partial charge in [-0.2, -0.15) is 0 Å². The number of cyclic esters (lactones) is 1. The summed E-state index contributed by atoms with van der Waals surface area (Å²) in [5.74, 6) is -3.33. The first-order chi connectivity index (χ1) is 19.8. The molecule has 2 aromatic rings. The van der Waals surface area contributed by atoms with Gasteiger partial charge in [-0.1, -0.05) is 78.4 Å². The predicted molar refractivity (Wildman–Crippen MR) is 153 cm³/mol. The number of esters is 1. The Labute approximate surface area is 244 Å². The van der Waals surface area contributed by atoms with Gasteiger partial charge in [-0.15, -0.1) is 0 Å². The van der Waals surface area contributed by atoms with Gasteiger partial charge in [-0.05, 0) is 43.9 Å². The van der Waals surface area contributed by atoms with E-state index in [1.54, 1.807) is 48.2 Å². The maximum Gasteiger partial charge on any atom is 0.313 e. The average Bonchev–Trinajstić information content (AvgIpc) is 3.32. The zero-order chi connectivity index (χ0) is 28.8. The van der Waals surface area contributed by atoms with Crippen molar-refractivity contribution in [2.24, 2.45) is 11.8 Å². The van der Waals surface area contributed by atoms with Crippen molar-refractivity contribution in [1.29, 1.82) is 0 Å². The number of aliphatic hydroxyl groups is 1. The molecule has 2 saturated heterocycles. The lowest BCUT2D eigenvalue weighted by Gasteiger charge is -2.40. The molecule has 6 atom stereocenters. The summed E-state index contributed by atoms with van der Waals surface area (Å²) >= 11 is 6.54. The Balaban J connectivity index is 1.51. The van der Waals surface area contributed by atoms with E-state index in [2.05, 4.69) is 0 Å². The average molecular weight is 577 g/mol. The van der Waals surface area contributed by atoms with Crippen LogP contribution in [0.5, 0.6) is 0 Å². The van der Waals surface area contributed by atoms with Crippen molar-refractivity contribution in [3.63, 3.8) is 0 Å². The fourth-order valence-corrected chi connectivity index (χ4v) is 7.23. The Bertz CT molecular complexity index is 1410. The first-order valence-electron chi connectivity index (χ1n) is 14.1. The van der Waals surface area contributed by atoms with Crippen LogP contribution in [0.4, 0.5) is 5.69 Å². The molecular weight excluding hydrogens is 544 g/mol. The monoisotopic (exact) mass is 576 g/mol. The number of rotatable bonds is 5. The molecular formula is C32H33ClN2O6. The van der Waals surface area contributed by atoms with Gasteiger partial charge in [0.25, 0.3) is 5.91 Å². The number of halogens is 1. The quantitative estimate of drug-likeness (QED) is 0.431. The van der Waals surface area contributed by atoms with Crippen molar-refractivity contribution in [3.8, 4) is 0 Å². The molecule has 1 spiro atoms. The zero-order valence-electron chi connectivity index (χ0n) is 22.8. The summed E-state index contributed by atoms with van der Waals surface area (Å²) in [4.78, 5) is 45.9. The van der Waals surface area contributed by atoms with Crippen LogP contribution in [-0.2, 0) is 30.3 Å². The van der Waals surface area contributed by atoms with Gasteiger partial charge < -0.3 is 24.4 Å². The number of benzene rings is 2. The van der Waals surface area contributed by atoms with Crippen molar-refractivity contribution in [1.82, 2.24) is 4.90 Å². The van der Waals surface area contributed by atoms with Crippen molar-refractivity contribution in [3.05, 3.63) is 89.5 Å². The predicted octanol–water partition coefficient (Wildman–Crippen LogP) is 3.71. The summed E-state index contributed by atoms with van der Waals surface area (Å²) in [5, 5.41) is 11.0. The van der Waals surface area contributed by atoms with E-state index in [-0.39, 0.29) is 19.8 Å². The van der Waals surface area contributed by atoms with E-state index in [9.17, 15) is 19.5 Å². The van der Waals surface area contributed by atoms with Gasteiger partial charge in [0, 0.05) is 6.54 Å². The van der Waals surface area contributed by atoms with Gasteiger partial charge in [0.15, 0.2) is 0 Å². The molecule has 4 aliphatic heterocycles. The second kappa shape index (κ2) is 10.7. The normalized spacial score (nSPS) is 32.7. The fourth-order valence-electron chi connectivity index (χ4n) is 6.99. The number of carbonyl (C=O) groups is 3. The maximum atomic E-state index is 14.7. The zero-order valence-corrected chi connectivity index (χ0v) is 23.6. The number of likely N-dealkylation sites (tertiary alicyclic amines) is 1. The Morgan fingerprint density at radius 1 is 1.00 bits per heavy atom. The van der Waals surface area contributed by atoms with Crippen molar-refractivity contribution >= 4 is 35.1 Å². The Morgan fingerprint density at radius 2 is 1.76 bits per heavy atom. The first kappa shape index (κ1) is 27.7. The third-order valence-electron chi connectivity index (χ3n) is 8.75. The molecule has 0 radical (unpaired) electrons. The smallest absolute Gasteiger partial charge is 0.313 e. The van der Waals surface area contributed by atoms with E-state index in [1.807, 2.05) is 42.5 Å². The summed E-state index contributed by atoms with van der Waals surface area (Å²) in [6.07, 6.45) is 9.05. The lowest BCUT2D eigenvalue weighted by Crippen LogP contribution is -2.59. The Kier molecular flexibility index (Phi) is 7.26. The molecule has 2 fully saturated rings. The standard InChI is InChI=1S/C32H33ClN2O6/c1-31-15-8-3-9-18-40-30(39)26(31)25-28(37)35(22(20-36)19-21-11-4-2-5-12-21)27-29(38)34(17-10-16-32(25,27)41-31)24-14-7-6-13-23(24)33/h2,4-8,10-16,22,25-27,36H,3,9,17-20H2,1H3/b15-8-/t22-,25+,26+,27?,31-,32+/m1/s1. The SMILES string of the molecule is C[C@@]12/C=C\CCCOC(=O)[C@@H]1[C@H]1C(=O)N([C@@H](CO)Cc3ccccc3)C3C(=O)N(c4ccccc4Cl)CC=C[C@@]31O2. The third kappa shape index (κ3) is 4.49. The molecule has 214 valence electrons. The second-order valence-corrected chi connectivity index (χ2v) is 11.7. The number of hydrogen-bond donors (Lipinski definition) is 1. The van der Waals surface area contributed by atoms with E-state index in [0.29, 0.717) is 30.0 Å². The van der Waals surface area contributed by atoms with Gasteiger partial charge in [0.2, 0.25) is 5.91 Å². The number of hydrogen-bond acceptors (Lipinski definition) is 6. The van der Waals surface area contributed by atoms with Crippen LogP contribution in [0.1, 0.15) is 25.3 Å². The van der Waals surface area contributed by atoms with Crippen LogP contribution in [0, 0.1) is 11.8 Å². The summed E-state index contributed by atoms with van der Waals surface area (Å²) in [5.41, 5.74) is -1.23. The van der Waals surface area contributed by atoms with E-state index in [1.165, 1.54) is 4.90 Å². The number of nitrogens with zero attached hydrogens (tertiary/aromatic N) is 2. The van der Waals surface area contributed by atoms with Crippen LogP contribution in [0.2, 0.25) is 5.02 Å². The lowest BCUT2D eigenvalue weighted by molar-refractivity contribution is -0.159. The minimum atomic E-state index is -1.46. The second-order valence-electron chi connectivity index (χ2n) is 11.3. The van der Waals surface area contributed by atoms with E-state index >= 15 is 0 Å². The molecule has 41 heavy (non-hydrogen) atoms. The molecule has 0 saturated carbocycles. The Morgan fingerprint density at radius 3 is 2.51 bits per heavy atom. The molecule has 8 nitrogen and oxygen atoms in total.